The van der Waals surface area contributed by atoms with Gasteiger partial charge in [-0.15, -0.1) is 0 Å². The molecule has 1 amide bonds. The summed E-state index contributed by atoms with van der Waals surface area (Å²) in [6.07, 6.45) is 0.357. The number of ether oxygens (including phenoxy) is 5. The number of carbonyl (C=O) groups excluding carboxylic acids is 1. The van der Waals surface area contributed by atoms with Crippen molar-refractivity contribution in [2.45, 2.75) is 18.9 Å². The van der Waals surface area contributed by atoms with Gasteiger partial charge in [-0.2, -0.15) is 0 Å². The number of fused-ring (bicyclic) bond motifs is 3. The number of hydrogen-bond acceptors (Lipinski definition) is 8. The molecule has 0 spiro atoms. The van der Waals surface area contributed by atoms with Crippen LogP contribution >= 0.6 is 7.82 Å². The molecule has 34 heavy (non-hydrogen) atoms. The molecule has 3 N–H and O–H groups in total. The van der Waals surface area contributed by atoms with Gasteiger partial charge in [0, 0.05) is 5.56 Å². The first kappa shape index (κ1) is 25.6. The third kappa shape index (κ3) is 5.74. The van der Waals surface area contributed by atoms with E-state index in [1.807, 2.05) is 24.3 Å². The summed E-state index contributed by atoms with van der Waals surface area (Å²) in [7, 11) is 1.56. The van der Waals surface area contributed by atoms with Crippen molar-refractivity contribution in [3.05, 3.63) is 35.4 Å². The second kappa shape index (κ2) is 11.0. The van der Waals surface area contributed by atoms with Gasteiger partial charge in [-0.25, -0.2) is 9.36 Å². The highest BCUT2D eigenvalue weighted by molar-refractivity contribution is 7.46. The highest BCUT2D eigenvalue weighted by Gasteiger charge is 2.30. The Morgan fingerprint density at radius 3 is 2.38 bits per heavy atom. The van der Waals surface area contributed by atoms with Gasteiger partial charge in [0.25, 0.3) is 0 Å². The summed E-state index contributed by atoms with van der Waals surface area (Å²) in [4.78, 5) is 29.9. The van der Waals surface area contributed by atoms with Crippen LogP contribution in [0.5, 0.6) is 23.0 Å². The second-order valence-electron chi connectivity index (χ2n) is 7.33. The first-order valence-corrected chi connectivity index (χ1v) is 11.9. The maximum Gasteiger partial charge on any atom is 0.469 e. The van der Waals surface area contributed by atoms with Crippen molar-refractivity contribution < 1.29 is 47.4 Å². The maximum absolute atomic E-state index is 12.4. The van der Waals surface area contributed by atoms with E-state index >= 15 is 0 Å². The van der Waals surface area contributed by atoms with E-state index in [-0.39, 0.29) is 6.61 Å². The van der Waals surface area contributed by atoms with Crippen LogP contribution in [0.25, 0.3) is 11.1 Å². The van der Waals surface area contributed by atoms with Crippen LogP contribution in [-0.2, 0) is 20.2 Å². The predicted octanol–water partition coefficient (Wildman–Crippen LogP) is 3.21. The van der Waals surface area contributed by atoms with E-state index in [0.717, 1.165) is 22.3 Å². The summed E-state index contributed by atoms with van der Waals surface area (Å²) in [6, 6.07) is 6.99. The lowest BCUT2D eigenvalue weighted by atomic mass is 9.93. The lowest BCUT2D eigenvalue weighted by molar-refractivity contribution is 0.108. The lowest BCUT2D eigenvalue weighted by Crippen LogP contribution is -2.30. The van der Waals surface area contributed by atoms with Gasteiger partial charge in [0.15, 0.2) is 11.5 Å². The Kier molecular flexibility index (Phi) is 8.27. The molecule has 0 radical (unpaired) electrons. The zero-order chi connectivity index (χ0) is 24.9. The molecule has 0 heterocycles. The summed E-state index contributed by atoms with van der Waals surface area (Å²) in [5.41, 5.74) is 3.38. The van der Waals surface area contributed by atoms with E-state index in [0.29, 0.717) is 35.8 Å². The monoisotopic (exact) mass is 497 g/mol. The minimum Gasteiger partial charge on any atom is -0.497 e. The molecule has 3 rings (SSSR count). The third-order valence-electron chi connectivity index (χ3n) is 5.39. The normalized spacial score (nSPS) is 14.8. The number of methoxy groups -OCH3 is 4. The van der Waals surface area contributed by atoms with Crippen LogP contribution in [0.3, 0.4) is 0 Å². The Hall–Kier alpha value is -2.98. The van der Waals surface area contributed by atoms with E-state index in [9.17, 15) is 9.36 Å². The second-order valence-corrected chi connectivity index (χ2v) is 8.57. The third-order valence-corrected chi connectivity index (χ3v) is 5.90. The van der Waals surface area contributed by atoms with Crippen LogP contribution in [0, 0.1) is 0 Å². The topological polar surface area (TPSA) is 142 Å². The van der Waals surface area contributed by atoms with Gasteiger partial charge in [0.2, 0.25) is 5.75 Å². The molecule has 1 atom stereocenters. The van der Waals surface area contributed by atoms with Crippen molar-refractivity contribution in [2.24, 2.45) is 0 Å². The van der Waals surface area contributed by atoms with Gasteiger partial charge in [-0.3, -0.25) is 4.52 Å². The average Bonchev–Trinajstić information content (AvgIpc) is 2.96. The van der Waals surface area contributed by atoms with Crippen LogP contribution in [-0.4, -0.2) is 57.5 Å². The summed E-state index contributed by atoms with van der Waals surface area (Å²) in [6.45, 7) is -0.758. The molecule has 0 bridgehead atoms. The number of phosphoric acid groups is 1. The van der Waals surface area contributed by atoms with Crippen LogP contribution in [0.4, 0.5) is 4.79 Å². The Morgan fingerprint density at radius 2 is 1.76 bits per heavy atom. The summed E-state index contributed by atoms with van der Waals surface area (Å²) < 4.78 is 42.3. The zero-order valence-corrected chi connectivity index (χ0v) is 20.2. The maximum atomic E-state index is 12.4. The molecule has 0 saturated heterocycles. The first-order chi connectivity index (χ1) is 16.2. The molecule has 0 saturated carbocycles. The van der Waals surface area contributed by atoms with Gasteiger partial charge in [-0.05, 0) is 47.7 Å². The van der Waals surface area contributed by atoms with Gasteiger partial charge in [-0.1, -0.05) is 6.07 Å². The van der Waals surface area contributed by atoms with Crippen LogP contribution in [0.15, 0.2) is 24.3 Å². The molecule has 2 aromatic rings. The molecule has 11 nitrogen and oxygen atoms in total. The van der Waals surface area contributed by atoms with Crippen molar-refractivity contribution in [3.8, 4) is 34.1 Å². The van der Waals surface area contributed by atoms with E-state index in [1.54, 1.807) is 21.3 Å². The minimum atomic E-state index is -4.63. The van der Waals surface area contributed by atoms with Crippen LogP contribution in [0.2, 0.25) is 0 Å². The zero-order valence-electron chi connectivity index (χ0n) is 19.3. The molecular weight excluding hydrogens is 469 g/mol. The van der Waals surface area contributed by atoms with E-state index in [1.165, 1.54) is 7.11 Å². The number of aryl methyl sites for hydroxylation is 1. The fourth-order valence-corrected chi connectivity index (χ4v) is 4.28. The van der Waals surface area contributed by atoms with Gasteiger partial charge >= 0.3 is 13.9 Å². The number of amides is 1. The lowest BCUT2D eigenvalue weighted by Gasteiger charge is -2.21. The predicted molar refractivity (Wildman–Crippen MR) is 122 cm³/mol. The number of phosphoric ester groups is 1. The largest absolute Gasteiger partial charge is 0.497 e. The number of rotatable bonds is 9. The molecule has 186 valence electrons. The molecule has 0 aliphatic heterocycles. The van der Waals surface area contributed by atoms with Gasteiger partial charge in [0.1, 0.15) is 12.4 Å². The molecule has 0 unspecified atom stereocenters. The molecule has 0 fully saturated rings. The van der Waals surface area contributed by atoms with Crippen molar-refractivity contribution >= 4 is 13.9 Å². The molecular formula is C22H28NO10P. The van der Waals surface area contributed by atoms with E-state index in [4.69, 9.17) is 33.5 Å². The van der Waals surface area contributed by atoms with Crippen LogP contribution in [0.1, 0.15) is 23.6 Å². The highest BCUT2D eigenvalue weighted by Crippen LogP contribution is 2.50. The Labute approximate surface area is 197 Å². The number of benzene rings is 2. The summed E-state index contributed by atoms with van der Waals surface area (Å²) in [5.74, 6) is 2.11. The minimum absolute atomic E-state index is 0.322. The average molecular weight is 497 g/mol. The highest BCUT2D eigenvalue weighted by atomic mass is 31.2. The SMILES string of the molecule is COc1ccc2c(c1)[C@@H](NC(=O)OCCOP(=O)(O)O)CCc1cc(OC)c(OC)c(OC)c1-2. The fourth-order valence-electron chi connectivity index (χ4n) is 3.96. The number of nitrogens with one attached hydrogen (secondary N) is 1. The molecule has 0 aromatic heterocycles. The summed E-state index contributed by atoms with van der Waals surface area (Å²) in [5, 5.41) is 2.82. The van der Waals surface area contributed by atoms with Crippen LogP contribution < -0.4 is 24.3 Å². The number of hydrogen-bond donors (Lipinski definition) is 3. The van der Waals surface area contributed by atoms with E-state index in [2.05, 4.69) is 9.84 Å². The van der Waals surface area contributed by atoms with Crippen molar-refractivity contribution in [1.29, 1.82) is 0 Å². The van der Waals surface area contributed by atoms with Gasteiger partial charge < -0.3 is 38.8 Å². The first-order valence-electron chi connectivity index (χ1n) is 10.4. The standard InChI is InChI=1S/C22H28NO10P/c1-28-14-6-7-15-16(12-14)17(23-22(24)32-9-10-33-34(25,26)27)8-5-13-11-18(29-2)20(30-3)21(31-4)19(13)15/h6-7,11-12,17H,5,8-10H2,1-4H3,(H,23,24)(H2,25,26,27)/t17-/m0/s1. The van der Waals surface area contributed by atoms with Crippen molar-refractivity contribution in [3.63, 3.8) is 0 Å². The fraction of sp³-hybridized carbons (Fsp3) is 0.409. The molecule has 1 aliphatic carbocycles. The Balaban J connectivity index is 1.96. The number of carbonyl (C=O) groups is 1. The summed E-state index contributed by atoms with van der Waals surface area (Å²) >= 11 is 0. The smallest absolute Gasteiger partial charge is 0.469 e. The molecule has 2 aromatic carbocycles. The quantitative estimate of drug-likeness (QED) is 0.349. The van der Waals surface area contributed by atoms with Gasteiger partial charge in [0.05, 0.1) is 41.1 Å². The number of alkyl carbamates (subject to hydrolysis) is 1. The Morgan fingerprint density at radius 1 is 1.03 bits per heavy atom. The van der Waals surface area contributed by atoms with Crippen molar-refractivity contribution in [2.75, 3.05) is 41.7 Å². The van der Waals surface area contributed by atoms with E-state index < -0.39 is 26.6 Å². The van der Waals surface area contributed by atoms with Crippen molar-refractivity contribution in [1.82, 2.24) is 5.32 Å². The Bertz CT molecular complexity index is 1080. The molecule has 12 heteroatoms. The molecule has 1 aliphatic rings.